The molecule has 9 nitrogen and oxygen atoms in total. The van der Waals surface area contributed by atoms with E-state index in [0.29, 0.717) is 11.6 Å². The van der Waals surface area contributed by atoms with Gasteiger partial charge in [0.05, 0.1) is 11.7 Å². The smallest absolute Gasteiger partial charge is 0.219 e. The van der Waals surface area contributed by atoms with Gasteiger partial charge in [-0.1, -0.05) is 0 Å². The van der Waals surface area contributed by atoms with E-state index in [1.54, 1.807) is 25.4 Å². The molecule has 0 aliphatic carbocycles. The lowest BCUT2D eigenvalue weighted by Crippen LogP contribution is -2.48. The summed E-state index contributed by atoms with van der Waals surface area (Å²) < 4.78 is 0. The molecule has 5 heterocycles. The minimum atomic E-state index is 0.108. The fourth-order valence-electron chi connectivity index (χ4n) is 4.59. The number of pyridine rings is 1. The van der Waals surface area contributed by atoms with Gasteiger partial charge in [0.1, 0.15) is 11.6 Å². The highest BCUT2D eigenvalue weighted by Gasteiger charge is 2.28. The highest BCUT2D eigenvalue weighted by atomic mass is 16.2. The number of aryl methyl sites for hydroxylation is 1. The molecule has 0 aromatic carbocycles. The van der Waals surface area contributed by atoms with Gasteiger partial charge < -0.3 is 14.7 Å². The van der Waals surface area contributed by atoms with Crippen molar-refractivity contribution < 1.29 is 4.79 Å². The van der Waals surface area contributed by atoms with E-state index >= 15 is 0 Å². The molecule has 1 unspecified atom stereocenters. The van der Waals surface area contributed by atoms with Gasteiger partial charge in [0.25, 0.3) is 0 Å². The number of piperazine rings is 1. The Kier molecular flexibility index (Phi) is 5.62. The quantitative estimate of drug-likeness (QED) is 0.608. The van der Waals surface area contributed by atoms with Crippen molar-refractivity contribution in [3.8, 4) is 11.6 Å². The minimum absolute atomic E-state index is 0.108. The zero-order chi connectivity index (χ0) is 22.9. The zero-order valence-corrected chi connectivity index (χ0v) is 19.3. The normalized spacial score (nSPS) is 18.3. The number of rotatable bonds is 3. The van der Waals surface area contributed by atoms with Crippen molar-refractivity contribution in [2.45, 2.75) is 33.2 Å². The van der Waals surface area contributed by atoms with E-state index in [4.69, 9.17) is 9.97 Å². The molecule has 2 aliphatic heterocycles. The third kappa shape index (κ3) is 4.22. The molecular formula is C24H28N8O. The van der Waals surface area contributed by atoms with E-state index in [9.17, 15) is 4.79 Å². The summed E-state index contributed by atoms with van der Waals surface area (Å²) in [5, 5.41) is 0. The van der Waals surface area contributed by atoms with Gasteiger partial charge >= 0.3 is 0 Å². The van der Waals surface area contributed by atoms with Gasteiger partial charge in [-0.3, -0.25) is 4.79 Å². The van der Waals surface area contributed by atoms with Crippen LogP contribution in [-0.2, 0) is 11.2 Å². The maximum Gasteiger partial charge on any atom is 0.219 e. The lowest BCUT2D eigenvalue weighted by molar-refractivity contribution is -0.129. The SMILES string of the molecule is CC(=O)N1CCN(c2cc(C)cc(N3CCc4nc(-c5ncccn5)ncc4C3C)n2)CC1. The van der Waals surface area contributed by atoms with Gasteiger partial charge in [-0.15, -0.1) is 0 Å². The van der Waals surface area contributed by atoms with Crippen molar-refractivity contribution in [2.24, 2.45) is 0 Å². The summed E-state index contributed by atoms with van der Waals surface area (Å²) in [5.41, 5.74) is 3.33. The van der Waals surface area contributed by atoms with Gasteiger partial charge in [0, 0.05) is 70.2 Å². The van der Waals surface area contributed by atoms with Crippen LogP contribution < -0.4 is 9.80 Å². The third-order valence-electron chi connectivity index (χ3n) is 6.46. The first-order valence-corrected chi connectivity index (χ1v) is 11.4. The van der Waals surface area contributed by atoms with Crippen molar-refractivity contribution in [3.63, 3.8) is 0 Å². The van der Waals surface area contributed by atoms with E-state index in [2.05, 4.69) is 50.7 Å². The van der Waals surface area contributed by atoms with Crippen LogP contribution in [0.5, 0.6) is 0 Å². The average Bonchev–Trinajstić information content (AvgIpc) is 2.84. The molecule has 1 saturated heterocycles. The fourth-order valence-corrected chi connectivity index (χ4v) is 4.59. The Morgan fingerprint density at radius 2 is 1.67 bits per heavy atom. The predicted octanol–water partition coefficient (Wildman–Crippen LogP) is 2.43. The Balaban J connectivity index is 1.38. The number of carbonyl (C=O) groups is 1. The van der Waals surface area contributed by atoms with Crippen LogP contribution in [0.4, 0.5) is 11.6 Å². The molecule has 2 aliphatic rings. The molecule has 170 valence electrons. The van der Waals surface area contributed by atoms with Crippen LogP contribution in [0, 0.1) is 6.92 Å². The number of amides is 1. The van der Waals surface area contributed by atoms with Crippen molar-refractivity contribution in [2.75, 3.05) is 42.5 Å². The topological polar surface area (TPSA) is 91.2 Å². The Bertz CT molecular complexity index is 1160. The van der Waals surface area contributed by atoms with Crippen LogP contribution in [0.1, 0.15) is 36.7 Å². The summed E-state index contributed by atoms with van der Waals surface area (Å²) in [5.74, 6) is 3.19. The van der Waals surface area contributed by atoms with Crippen LogP contribution in [0.3, 0.4) is 0 Å². The van der Waals surface area contributed by atoms with Gasteiger partial charge in [-0.05, 0) is 37.6 Å². The Morgan fingerprint density at radius 3 is 2.39 bits per heavy atom. The Morgan fingerprint density at radius 1 is 0.939 bits per heavy atom. The number of hydrogen-bond acceptors (Lipinski definition) is 8. The second kappa shape index (κ2) is 8.73. The number of hydrogen-bond donors (Lipinski definition) is 0. The molecule has 0 radical (unpaired) electrons. The summed E-state index contributed by atoms with van der Waals surface area (Å²) in [6, 6.07) is 6.17. The summed E-state index contributed by atoms with van der Waals surface area (Å²) in [4.78, 5) is 41.0. The standard InChI is InChI=1S/C24H28N8O/c1-16-13-21(31-11-9-30(10-12-31)18(3)33)29-22(14-16)32-8-5-20-19(17(32)2)15-27-24(28-20)23-25-6-4-7-26-23/h4,6-7,13-15,17H,5,8-12H2,1-3H3. The second-order valence-corrected chi connectivity index (χ2v) is 8.64. The summed E-state index contributed by atoms with van der Waals surface area (Å²) >= 11 is 0. The van der Waals surface area contributed by atoms with Crippen LogP contribution in [0.2, 0.25) is 0 Å². The number of anilines is 2. The Labute approximate surface area is 193 Å². The molecule has 1 atom stereocenters. The molecule has 33 heavy (non-hydrogen) atoms. The van der Waals surface area contributed by atoms with E-state index in [-0.39, 0.29) is 11.9 Å². The first-order valence-electron chi connectivity index (χ1n) is 11.4. The first-order chi connectivity index (χ1) is 16.0. The van der Waals surface area contributed by atoms with Gasteiger partial charge in [0.15, 0.2) is 11.6 Å². The number of carbonyl (C=O) groups excluding carboxylic acids is 1. The molecule has 1 fully saturated rings. The fraction of sp³-hybridized carbons (Fsp3) is 0.417. The number of fused-ring (bicyclic) bond motifs is 1. The molecule has 9 heteroatoms. The highest BCUT2D eigenvalue weighted by Crippen LogP contribution is 2.33. The van der Waals surface area contributed by atoms with E-state index in [1.165, 1.54) is 5.56 Å². The van der Waals surface area contributed by atoms with Gasteiger partial charge in [-0.2, -0.15) is 0 Å². The number of nitrogens with zero attached hydrogens (tertiary/aromatic N) is 8. The van der Waals surface area contributed by atoms with Crippen LogP contribution >= 0.6 is 0 Å². The second-order valence-electron chi connectivity index (χ2n) is 8.64. The lowest BCUT2D eigenvalue weighted by atomic mass is 9.99. The largest absolute Gasteiger partial charge is 0.353 e. The third-order valence-corrected chi connectivity index (χ3v) is 6.46. The maximum absolute atomic E-state index is 11.7. The molecule has 0 spiro atoms. The highest BCUT2D eigenvalue weighted by molar-refractivity contribution is 5.73. The zero-order valence-electron chi connectivity index (χ0n) is 19.3. The number of aromatic nitrogens is 5. The monoisotopic (exact) mass is 444 g/mol. The summed E-state index contributed by atoms with van der Waals surface area (Å²) in [6.07, 6.45) is 6.12. The van der Waals surface area contributed by atoms with Crippen molar-refractivity contribution >= 4 is 17.5 Å². The van der Waals surface area contributed by atoms with E-state index in [0.717, 1.165) is 62.0 Å². The molecule has 3 aromatic heterocycles. The molecule has 1 amide bonds. The molecule has 5 rings (SSSR count). The molecular weight excluding hydrogens is 416 g/mol. The first kappa shape index (κ1) is 21.2. The van der Waals surface area contributed by atoms with Gasteiger partial charge in [-0.25, -0.2) is 24.9 Å². The van der Waals surface area contributed by atoms with Crippen LogP contribution in [0.25, 0.3) is 11.6 Å². The van der Waals surface area contributed by atoms with Crippen molar-refractivity contribution in [1.82, 2.24) is 29.8 Å². The molecule has 0 saturated carbocycles. The van der Waals surface area contributed by atoms with E-state index in [1.807, 2.05) is 11.1 Å². The maximum atomic E-state index is 11.7. The molecule has 0 N–H and O–H groups in total. The summed E-state index contributed by atoms with van der Waals surface area (Å²) in [7, 11) is 0. The molecule has 0 bridgehead atoms. The van der Waals surface area contributed by atoms with Crippen LogP contribution in [0.15, 0.2) is 36.8 Å². The predicted molar refractivity (Wildman–Crippen MR) is 126 cm³/mol. The van der Waals surface area contributed by atoms with Crippen molar-refractivity contribution in [1.29, 1.82) is 0 Å². The van der Waals surface area contributed by atoms with E-state index < -0.39 is 0 Å². The van der Waals surface area contributed by atoms with Crippen LogP contribution in [-0.4, -0.2) is 68.5 Å². The van der Waals surface area contributed by atoms with Crippen molar-refractivity contribution in [3.05, 3.63) is 53.6 Å². The average molecular weight is 445 g/mol. The lowest BCUT2D eigenvalue weighted by Gasteiger charge is -2.38. The summed E-state index contributed by atoms with van der Waals surface area (Å²) in [6.45, 7) is 9.81. The van der Waals surface area contributed by atoms with Gasteiger partial charge in [0.2, 0.25) is 5.91 Å². The minimum Gasteiger partial charge on any atom is -0.353 e. The molecule has 3 aromatic rings. The Hall–Kier alpha value is -3.62.